The summed E-state index contributed by atoms with van der Waals surface area (Å²) in [5, 5.41) is 6.89. The maximum absolute atomic E-state index is 4.37. The number of likely N-dealkylation sites (N-methyl/N-ethyl adjacent to an activating group) is 1. The Bertz CT molecular complexity index is 818. The third-order valence-electron chi connectivity index (χ3n) is 5.80. The molecule has 1 saturated heterocycles. The summed E-state index contributed by atoms with van der Waals surface area (Å²) < 4.78 is 0. The number of aromatic nitrogens is 2. The molecule has 0 aliphatic carbocycles. The van der Waals surface area contributed by atoms with E-state index in [4.69, 9.17) is 0 Å². The zero-order valence-electron chi connectivity index (χ0n) is 19.8. The number of aryl methyl sites for hydroxylation is 1. The summed E-state index contributed by atoms with van der Waals surface area (Å²) in [7, 11) is 1.83. The highest BCUT2D eigenvalue weighted by atomic mass is 15.3. The van der Waals surface area contributed by atoms with Crippen LogP contribution in [0.5, 0.6) is 0 Å². The zero-order valence-corrected chi connectivity index (χ0v) is 19.8. The SMILES string of the molecule is CCN(CCNC(=NC)NCCCN1CCN(c2ncccn2)CC1)c1cccc(C)c1. The Kier molecular flexibility index (Phi) is 9.56. The summed E-state index contributed by atoms with van der Waals surface area (Å²) >= 11 is 0. The van der Waals surface area contributed by atoms with E-state index in [2.05, 4.69) is 78.4 Å². The molecule has 0 radical (unpaired) electrons. The first-order chi connectivity index (χ1) is 15.7. The van der Waals surface area contributed by atoms with Gasteiger partial charge in [-0.1, -0.05) is 12.1 Å². The van der Waals surface area contributed by atoms with E-state index in [0.29, 0.717) is 0 Å². The van der Waals surface area contributed by atoms with Gasteiger partial charge in [-0.2, -0.15) is 0 Å². The summed E-state index contributed by atoms with van der Waals surface area (Å²) in [6, 6.07) is 10.5. The molecule has 1 aromatic carbocycles. The molecule has 2 N–H and O–H groups in total. The molecule has 0 spiro atoms. The summed E-state index contributed by atoms with van der Waals surface area (Å²) in [4.78, 5) is 20.2. The van der Waals surface area contributed by atoms with Gasteiger partial charge in [0.1, 0.15) is 0 Å². The van der Waals surface area contributed by atoms with E-state index in [0.717, 1.165) is 77.2 Å². The Balaban J connectivity index is 1.30. The van der Waals surface area contributed by atoms with Gasteiger partial charge in [0, 0.05) is 77.5 Å². The highest BCUT2D eigenvalue weighted by Gasteiger charge is 2.18. The predicted molar refractivity (Wildman–Crippen MR) is 134 cm³/mol. The van der Waals surface area contributed by atoms with Crippen LogP contribution in [0.15, 0.2) is 47.7 Å². The van der Waals surface area contributed by atoms with Crippen molar-refractivity contribution in [2.75, 3.05) is 75.8 Å². The largest absolute Gasteiger partial charge is 0.370 e. The number of benzene rings is 1. The minimum absolute atomic E-state index is 0.840. The fraction of sp³-hybridized carbons (Fsp3) is 0.542. The molecule has 2 aromatic rings. The normalized spacial score (nSPS) is 15.0. The van der Waals surface area contributed by atoms with Crippen molar-refractivity contribution in [2.24, 2.45) is 4.99 Å². The Labute approximate surface area is 192 Å². The average Bonchev–Trinajstić information content (AvgIpc) is 2.84. The van der Waals surface area contributed by atoms with Gasteiger partial charge < -0.3 is 20.4 Å². The summed E-state index contributed by atoms with van der Waals surface area (Å²) in [6.45, 7) is 13.2. The monoisotopic (exact) mass is 438 g/mol. The lowest BCUT2D eigenvalue weighted by Crippen LogP contribution is -2.48. The zero-order chi connectivity index (χ0) is 22.6. The molecule has 1 aliphatic heterocycles. The number of guanidine groups is 1. The quantitative estimate of drug-likeness (QED) is 0.334. The molecule has 0 amide bonds. The summed E-state index contributed by atoms with van der Waals surface area (Å²) in [6.07, 6.45) is 4.71. The maximum Gasteiger partial charge on any atom is 0.225 e. The van der Waals surface area contributed by atoms with E-state index in [1.807, 2.05) is 25.5 Å². The minimum atomic E-state index is 0.840. The first kappa shape index (κ1) is 23.8. The van der Waals surface area contributed by atoms with E-state index in [1.165, 1.54) is 11.3 Å². The second-order valence-corrected chi connectivity index (χ2v) is 8.08. The van der Waals surface area contributed by atoms with Crippen LogP contribution in [0, 0.1) is 6.92 Å². The highest BCUT2D eigenvalue weighted by Crippen LogP contribution is 2.15. The van der Waals surface area contributed by atoms with Crippen molar-refractivity contribution in [1.29, 1.82) is 0 Å². The average molecular weight is 439 g/mol. The number of hydrogen-bond donors (Lipinski definition) is 2. The molecule has 0 bridgehead atoms. The van der Waals surface area contributed by atoms with Crippen LogP contribution in [-0.2, 0) is 0 Å². The standard InChI is InChI=1S/C24H38N8/c1-4-31(22-9-5-8-21(2)20-22)15-13-27-23(25-3)26-12-7-14-30-16-18-32(19-17-30)24-28-10-6-11-29-24/h5-6,8-11,20H,4,7,12-19H2,1-3H3,(H2,25,26,27). The van der Waals surface area contributed by atoms with Crippen molar-refractivity contribution < 1.29 is 0 Å². The number of hydrogen-bond acceptors (Lipinski definition) is 6. The number of aliphatic imine (C=N–C) groups is 1. The van der Waals surface area contributed by atoms with Crippen molar-refractivity contribution in [3.63, 3.8) is 0 Å². The lowest BCUT2D eigenvalue weighted by molar-refractivity contribution is 0.254. The van der Waals surface area contributed by atoms with Crippen LogP contribution in [0.2, 0.25) is 0 Å². The lowest BCUT2D eigenvalue weighted by Gasteiger charge is -2.34. The molecule has 32 heavy (non-hydrogen) atoms. The van der Waals surface area contributed by atoms with Crippen molar-refractivity contribution in [3.05, 3.63) is 48.3 Å². The Morgan fingerprint density at radius 2 is 1.81 bits per heavy atom. The van der Waals surface area contributed by atoms with Crippen LogP contribution < -0.4 is 20.4 Å². The molecule has 174 valence electrons. The fourth-order valence-corrected chi connectivity index (χ4v) is 3.96. The molecule has 2 heterocycles. The molecule has 0 saturated carbocycles. The maximum atomic E-state index is 4.37. The molecule has 1 aromatic heterocycles. The topological polar surface area (TPSA) is 71.9 Å². The van der Waals surface area contributed by atoms with E-state index in [-0.39, 0.29) is 0 Å². The molecular formula is C24H38N8. The van der Waals surface area contributed by atoms with Crippen LogP contribution in [0.3, 0.4) is 0 Å². The predicted octanol–water partition coefficient (Wildman–Crippen LogP) is 1.99. The second kappa shape index (κ2) is 12.9. The van der Waals surface area contributed by atoms with Gasteiger partial charge in [-0.25, -0.2) is 9.97 Å². The van der Waals surface area contributed by atoms with Crippen molar-refractivity contribution in [2.45, 2.75) is 20.3 Å². The van der Waals surface area contributed by atoms with E-state index < -0.39 is 0 Å². The van der Waals surface area contributed by atoms with Gasteiger partial charge in [0.2, 0.25) is 5.95 Å². The third kappa shape index (κ3) is 7.37. The first-order valence-corrected chi connectivity index (χ1v) is 11.7. The molecule has 1 fully saturated rings. The van der Waals surface area contributed by atoms with Gasteiger partial charge in [0.25, 0.3) is 0 Å². The van der Waals surface area contributed by atoms with E-state index in [9.17, 15) is 0 Å². The van der Waals surface area contributed by atoms with Crippen molar-refractivity contribution >= 4 is 17.6 Å². The number of nitrogens with zero attached hydrogens (tertiary/aromatic N) is 6. The molecule has 0 atom stereocenters. The van der Waals surface area contributed by atoms with Gasteiger partial charge >= 0.3 is 0 Å². The van der Waals surface area contributed by atoms with Crippen LogP contribution in [0.25, 0.3) is 0 Å². The van der Waals surface area contributed by atoms with Gasteiger partial charge in [-0.05, 0) is 50.6 Å². The Morgan fingerprint density at radius 3 is 2.50 bits per heavy atom. The highest BCUT2D eigenvalue weighted by molar-refractivity contribution is 5.79. The number of anilines is 2. The second-order valence-electron chi connectivity index (χ2n) is 8.08. The van der Waals surface area contributed by atoms with Crippen molar-refractivity contribution in [1.82, 2.24) is 25.5 Å². The number of nitrogens with one attached hydrogen (secondary N) is 2. The van der Waals surface area contributed by atoms with Crippen LogP contribution in [0.1, 0.15) is 18.9 Å². The molecule has 1 aliphatic rings. The van der Waals surface area contributed by atoms with Gasteiger partial charge in [-0.15, -0.1) is 0 Å². The number of piperazine rings is 1. The van der Waals surface area contributed by atoms with Gasteiger partial charge in [0.15, 0.2) is 5.96 Å². The fourth-order valence-electron chi connectivity index (χ4n) is 3.96. The number of rotatable bonds is 10. The van der Waals surface area contributed by atoms with E-state index in [1.54, 1.807) is 0 Å². The van der Waals surface area contributed by atoms with Crippen LogP contribution >= 0.6 is 0 Å². The Hall–Kier alpha value is -2.87. The summed E-state index contributed by atoms with van der Waals surface area (Å²) in [5.74, 6) is 1.71. The summed E-state index contributed by atoms with van der Waals surface area (Å²) in [5.41, 5.74) is 2.57. The lowest BCUT2D eigenvalue weighted by atomic mass is 10.2. The van der Waals surface area contributed by atoms with Crippen LogP contribution in [-0.4, -0.2) is 86.8 Å². The molecular weight excluding hydrogens is 400 g/mol. The smallest absolute Gasteiger partial charge is 0.225 e. The van der Waals surface area contributed by atoms with Crippen molar-refractivity contribution in [3.8, 4) is 0 Å². The Morgan fingerprint density at radius 1 is 1.06 bits per heavy atom. The minimum Gasteiger partial charge on any atom is -0.370 e. The first-order valence-electron chi connectivity index (χ1n) is 11.7. The molecule has 3 rings (SSSR count). The van der Waals surface area contributed by atoms with Crippen LogP contribution in [0.4, 0.5) is 11.6 Å². The molecule has 8 heteroatoms. The van der Waals surface area contributed by atoms with Gasteiger partial charge in [-0.3, -0.25) is 9.89 Å². The molecule has 8 nitrogen and oxygen atoms in total. The molecule has 0 unspecified atom stereocenters. The van der Waals surface area contributed by atoms with Gasteiger partial charge in [0.05, 0.1) is 0 Å². The third-order valence-corrected chi connectivity index (χ3v) is 5.80. The van der Waals surface area contributed by atoms with E-state index >= 15 is 0 Å².